The monoisotopic (exact) mass is 335 g/mol. The van der Waals surface area contributed by atoms with Crippen molar-refractivity contribution in [3.63, 3.8) is 0 Å². The van der Waals surface area contributed by atoms with Crippen LogP contribution in [0.5, 0.6) is 0 Å². The Bertz CT molecular complexity index is 606. The zero-order chi connectivity index (χ0) is 16.8. The van der Waals surface area contributed by atoms with Crippen LogP contribution >= 0.6 is 12.2 Å². The molecule has 1 heterocycles. The van der Waals surface area contributed by atoms with Gasteiger partial charge in [-0.2, -0.15) is 0 Å². The first-order valence-corrected chi connectivity index (χ1v) is 8.05. The second-order valence-corrected chi connectivity index (χ2v) is 5.82. The van der Waals surface area contributed by atoms with Crippen molar-refractivity contribution in [2.75, 3.05) is 25.0 Å². The summed E-state index contributed by atoms with van der Waals surface area (Å²) in [5.41, 5.74) is 6.56. The summed E-state index contributed by atoms with van der Waals surface area (Å²) in [7, 11) is 0. The maximum Gasteiger partial charge on any atom is 0.310 e. The normalized spacial score (nSPS) is 17.4. The van der Waals surface area contributed by atoms with Crippen molar-refractivity contribution in [2.24, 2.45) is 11.7 Å². The quantitative estimate of drug-likeness (QED) is 0.644. The van der Waals surface area contributed by atoms with Crippen LogP contribution in [0.2, 0.25) is 0 Å². The van der Waals surface area contributed by atoms with Crippen molar-refractivity contribution in [2.45, 2.75) is 19.8 Å². The third-order valence-electron chi connectivity index (χ3n) is 3.74. The van der Waals surface area contributed by atoms with E-state index in [0.717, 1.165) is 12.8 Å². The van der Waals surface area contributed by atoms with Crippen LogP contribution in [-0.2, 0) is 9.53 Å². The van der Waals surface area contributed by atoms with Gasteiger partial charge in [-0.3, -0.25) is 9.59 Å². The van der Waals surface area contributed by atoms with E-state index in [1.807, 2.05) is 0 Å². The first kappa shape index (κ1) is 17.2. The minimum atomic E-state index is -0.261. The summed E-state index contributed by atoms with van der Waals surface area (Å²) in [5, 5.41) is 2.92. The molecule has 0 radical (unpaired) electrons. The van der Waals surface area contributed by atoms with E-state index >= 15 is 0 Å². The standard InChI is InChI=1S/C16H21N3O3S/c1-2-22-15(21)11-6-5-9-19(10-11)14(20)12-7-3-4-8-13(12)18-16(17)23/h3-4,7-8,11H,2,5-6,9-10H2,1H3,(H3,17,18,23). The number of esters is 1. The average molecular weight is 335 g/mol. The lowest BCUT2D eigenvalue weighted by molar-refractivity contribution is -0.149. The van der Waals surface area contributed by atoms with Gasteiger partial charge in [0.1, 0.15) is 0 Å². The van der Waals surface area contributed by atoms with Gasteiger partial charge in [-0.1, -0.05) is 12.1 Å². The van der Waals surface area contributed by atoms with Crippen molar-refractivity contribution in [3.05, 3.63) is 29.8 Å². The fourth-order valence-electron chi connectivity index (χ4n) is 2.70. The van der Waals surface area contributed by atoms with E-state index in [1.165, 1.54) is 0 Å². The van der Waals surface area contributed by atoms with E-state index in [-0.39, 0.29) is 22.9 Å². The van der Waals surface area contributed by atoms with Crippen LogP contribution in [0, 0.1) is 5.92 Å². The Morgan fingerprint density at radius 3 is 2.87 bits per heavy atom. The number of nitrogens with zero attached hydrogens (tertiary/aromatic N) is 1. The summed E-state index contributed by atoms with van der Waals surface area (Å²) in [5.74, 6) is -0.638. The molecule has 3 N–H and O–H groups in total. The Morgan fingerprint density at radius 1 is 1.43 bits per heavy atom. The van der Waals surface area contributed by atoms with Gasteiger partial charge in [0.2, 0.25) is 0 Å². The second-order valence-electron chi connectivity index (χ2n) is 5.38. The zero-order valence-electron chi connectivity index (χ0n) is 13.1. The van der Waals surface area contributed by atoms with Crippen LogP contribution < -0.4 is 11.1 Å². The molecule has 0 aromatic heterocycles. The molecule has 1 aromatic rings. The molecule has 1 amide bonds. The molecule has 0 aliphatic carbocycles. The third-order valence-corrected chi connectivity index (χ3v) is 3.85. The van der Waals surface area contributed by atoms with Gasteiger partial charge in [0, 0.05) is 13.1 Å². The number of carbonyl (C=O) groups excluding carboxylic acids is 2. The molecule has 23 heavy (non-hydrogen) atoms. The van der Waals surface area contributed by atoms with Crippen molar-refractivity contribution in [1.82, 2.24) is 4.90 Å². The topological polar surface area (TPSA) is 84.7 Å². The van der Waals surface area contributed by atoms with E-state index < -0.39 is 0 Å². The second kappa shape index (κ2) is 7.92. The molecule has 0 saturated carbocycles. The lowest BCUT2D eigenvalue weighted by Crippen LogP contribution is -2.43. The zero-order valence-corrected chi connectivity index (χ0v) is 13.9. The first-order chi connectivity index (χ1) is 11.0. The highest BCUT2D eigenvalue weighted by molar-refractivity contribution is 7.80. The summed E-state index contributed by atoms with van der Waals surface area (Å²) in [6.45, 7) is 3.13. The SMILES string of the molecule is CCOC(=O)C1CCCN(C(=O)c2ccccc2NC(N)=S)C1. The predicted molar refractivity (Wildman–Crippen MR) is 92.1 cm³/mol. The van der Waals surface area contributed by atoms with Gasteiger partial charge in [0.25, 0.3) is 5.91 Å². The maximum atomic E-state index is 12.8. The van der Waals surface area contributed by atoms with Crippen LogP contribution in [0.3, 0.4) is 0 Å². The molecule has 1 aliphatic heterocycles. The van der Waals surface area contributed by atoms with E-state index in [9.17, 15) is 9.59 Å². The number of para-hydroxylation sites is 1. The fourth-order valence-corrected chi connectivity index (χ4v) is 2.81. The number of thiocarbonyl (C=S) groups is 1. The molecular weight excluding hydrogens is 314 g/mol. The lowest BCUT2D eigenvalue weighted by Gasteiger charge is -2.32. The molecule has 1 atom stereocenters. The number of rotatable bonds is 4. The minimum absolute atomic E-state index is 0.105. The van der Waals surface area contributed by atoms with Gasteiger partial charge in [-0.25, -0.2) is 0 Å². The molecule has 2 rings (SSSR count). The van der Waals surface area contributed by atoms with Gasteiger partial charge in [-0.15, -0.1) is 0 Å². The number of benzene rings is 1. The number of carbonyl (C=O) groups is 2. The molecule has 7 heteroatoms. The molecule has 124 valence electrons. The van der Waals surface area contributed by atoms with Gasteiger partial charge in [-0.05, 0) is 44.1 Å². The largest absolute Gasteiger partial charge is 0.466 e. The first-order valence-electron chi connectivity index (χ1n) is 7.64. The average Bonchev–Trinajstić information content (AvgIpc) is 2.54. The highest BCUT2D eigenvalue weighted by atomic mass is 32.1. The molecule has 0 spiro atoms. The van der Waals surface area contributed by atoms with Crippen molar-refractivity contribution < 1.29 is 14.3 Å². The number of hydrogen-bond acceptors (Lipinski definition) is 4. The van der Waals surface area contributed by atoms with Crippen LogP contribution in [0.15, 0.2) is 24.3 Å². The number of hydrogen-bond donors (Lipinski definition) is 2. The Hall–Kier alpha value is -2.15. The third kappa shape index (κ3) is 4.41. The van der Waals surface area contributed by atoms with Crippen LogP contribution in [0.4, 0.5) is 5.69 Å². The Balaban J connectivity index is 2.14. The molecule has 0 bridgehead atoms. The fraction of sp³-hybridized carbons (Fsp3) is 0.438. The molecule has 1 aliphatic rings. The van der Waals surface area contributed by atoms with E-state index in [2.05, 4.69) is 5.32 Å². The van der Waals surface area contributed by atoms with Crippen molar-refractivity contribution in [1.29, 1.82) is 0 Å². The number of anilines is 1. The summed E-state index contributed by atoms with van der Waals surface area (Å²) < 4.78 is 5.07. The number of ether oxygens (including phenoxy) is 1. The Labute approximate surface area is 141 Å². The smallest absolute Gasteiger partial charge is 0.310 e. The van der Waals surface area contributed by atoms with E-state index in [4.69, 9.17) is 22.7 Å². The van der Waals surface area contributed by atoms with Gasteiger partial charge in [0.15, 0.2) is 5.11 Å². The number of likely N-dealkylation sites (tertiary alicyclic amines) is 1. The number of nitrogens with one attached hydrogen (secondary N) is 1. The summed E-state index contributed by atoms with van der Waals surface area (Å²) in [6.07, 6.45) is 1.52. The van der Waals surface area contributed by atoms with E-state index in [0.29, 0.717) is 30.9 Å². The van der Waals surface area contributed by atoms with Crippen LogP contribution in [0.1, 0.15) is 30.1 Å². The molecule has 1 aromatic carbocycles. The number of nitrogens with two attached hydrogens (primary N) is 1. The molecular formula is C16H21N3O3S. The Morgan fingerprint density at radius 2 is 2.17 bits per heavy atom. The van der Waals surface area contributed by atoms with Gasteiger partial charge in [0.05, 0.1) is 23.8 Å². The number of piperidine rings is 1. The highest BCUT2D eigenvalue weighted by Crippen LogP contribution is 2.23. The van der Waals surface area contributed by atoms with Crippen molar-refractivity contribution >= 4 is 34.9 Å². The Kier molecular flexibility index (Phi) is 5.92. The summed E-state index contributed by atoms with van der Waals surface area (Å²) >= 11 is 4.84. The summed E-state index contributed by atoms with van der Waals surface area (Å²) in [4.78, 5) is 26.4. The molecule has 1 fully saturated rings. The maximum absolute atomic E-state index is 12.8. The predicted octanol–water partition coefficient (Wildman–Crippen LogP) is 1.76. The van der Waals surface area contributed by atoms with Crippen LogP contribution in [0.25, 0.3) is 0 Å². The highest BCUT2D eigenvalue weighted by Gasteiger charge is 2.30. The lowest BCUT2D eigenvalue weighted by atomic mass is 9.97. The molecule has 1 unspecified atom stereocenters. The van der Waals surface area contributed by atoms with Gasteiger partial charge >= 0.3 is 5.97 Å². The van der Waals surface area contributed by atoms with Crippen molar-refractivity contribution in [3.8, 4) is 0 Å². The van der Waals surface area contributed by atoms with Crippen LogP contribution in [-0.4, -0.2) is 41.6 Å². The molecule has 1 saturated heterocycles. The van der Waals surface area contributed by atoms with Gasteiger partial charge < -0.3 is 20.7 Å². The van der Waals surface area contributed by atoms with E-state index in [1.54, 1.807) is 36.1 Å². The molecule has 6 nitrogen and oxygen atoms in total. The minimum Gasteiger partial charge on any atom is -0.466 e. The summed E-state index contributed by atoms with van der Waals surface area (Å²) in [6, 6.07) is 7.05. The number of amides is 1.